The van der Waals surface area contributed by atoms with E-state index in [1.807, 2.05) is 27.3 Å². The van der Waals surface area contributed by atoms with Crippen LogP contribution in [0.2, 0.25) is 0 Å². The van der Waals surface area contributed by atoms with Crippen LogP contribution in [0.4, 0.5) is 0 Å². The van der Waals surface area contributed by atoms with Crippen molar-refractivity contribution < 1.29 is 4.79 Å². The minimum absolute atomic E-state index is 0.0134. The highest BCUT2D eigenvalue weighted by molar-refractivity contribution is 5.95. The van der Waals surface area contributed by atoms with Gasteiger partial charge >= 0.3 is 0 Å². The van der Waals surface area contributed by atoms with Crippen molar-refractivity contribution in [2.45, 2.75) is 18.8 Å². The van der Waals surface area contributed by atoms with Crippen LogP contribution in [0.25, 0.3) is 0 Å². The van der Waals surface area contributed by atoms with Crippen LogP contribution in [0.1, 0.15) is 34.8 Å². The number of hydrogen-bond acceptors (Lipinski definition) is 4. The smallest absolute Gasteiger partial charge is 0.254 e. The first-order chi connectivity index (χ1) is 9.58. The van der Waals surface area contributed by atoms with Gasteiger partial charge in [-0.1, -0.05) is 0 Å². The maximum atomic E-state index is 12.3. The van der Waals surface area contributed by atoms with Crippen molar-refractivity contribution in [3.63, 3.8) is 0 Å². The molecule has 2 rings (SSSR count). The van der Waals surface area contributed by atoms with Gasteiger partial charge in [-0.2, -0.15) is 5.10 Å². The molecule has 1 saturated heterocycles. The van der Waals surface area contributed by atoms with E-state index < -0.39 is 0 Å². The van der Waals surface area contributed by atoms with E-state index in [2.05, 4.69) is 20.6 Å². The first kappa shape index (κ1) is 15.0. The van der Waals surface area contributed by atoms with Gasteiger partial charge < -0.3 is 15.5 Å². The summed E-state index contributed by atoms with van der Waals surface area (Å²) in [5.74, 6) is 0.333. The van der Waals surface area contributed by atoms with E-state index in [4.69, 9.17) is 0 Å². The Bertz CT molecular complexity index is 448. The molecule has 2 heterocycles. The first-order valence-electron chi connectivity index (χ1n) is 7.25. The Balaban J connectivity index is 2.04. The van der Waals surface area contributed by atoms with Crippen molar-refractivity contribution in [3.8, 4) is 0 Å². The number of piperidine rings is 1. The lowest BCUT2D eigenvalue weighted by atomic mass is 9.93. The molecule has 0 radical (unpaired) electrons. The second-order valence-electron chi connectivity index (χ2n) is 5.70. The number of hydrogen-bond donors (Lipinski definition) is 2. The number of carbonyl (C=O) groups excluding carboxylic acids is 1. The van der Waals surface area contributed by atoms with Gasteiger partial charge in [-0.25, -0.2) is 0 Å². The van der Waals surface area contributed by atoms with E-state index in [0.717, 1.165) is 43.7 Å². The van der Waals surface area contributed by atoms with Crippen molar-refractivity contribution in [2.75, 3.05) is 40.3 Å². The third-order valence-electron chi connectivity index (χ3n) is 3.63. The highest BCUT2D eigenvalue weighted by Crippen LogP contribution is 2.24. The van der Waals surface area contributed by atoms with Crippen LogP contribution in [0, 0.1) is 0 Å². The number of aryl methyl sites for hydroxylation is 1. The number of carbonyl (C=O) groups is 1. The summed E-state index contributed by atoms with van der Waals surface area (Å²) in [6.07, 6.45) is 4.07. The van der Waals surface area contributed by atoms with E-state index in [9.17, 15) is 4.79 Å². The minimum Gasteiger partial charge on any atom is -0.351 e. The molecule has 1 unspecified atom stereocenters. The van der Waals surface area contributed by atoms with Crippen LogP contribution in [0.15, 0.2) is 6.20 Å². The molecule has 0 spiro atoms. The fraction of sp³-hybridized carbons (Fsp3) is 0.714. The number of nitrogens with zero attached hydrogens (tertiary/aromatic N) is 3. The molecule has 20 heavy (non-hydrogen) atoms. The summed E-state index contributed by atoms with van der Waals surface area (Å²) in [5.41, 5.74) is 1.65. The van der Waals surface area contributed by atoms with E-state index >= 15 is 0 Å². The van der Waals surface area contributed by atoms with Gasteiger partial charge in [0.2, 0.25) is 0 Å². The maximum absolute atomic E-state index is 12.3. The molecule has 1 fully saturated rings. The van der Waals surface area contributed by atoms with Gasteiger partial charge in [-0.05, 0) is 33.5 Å². The predicted octanol–water partition coefficient (Wildman–Crippen LogP) is 0.179. The Labute approximate surface area is 120 Å². The van der Waals surface area contributed by atoms with E-state index in [0.29, 0.717) is 12.5 Å². The van der Waals surface area contributed by atoms with Gasteiger partial charge in [-0.15, -0.1) is 0 Å². The SMILES string of the molecule is CN(C)CCNC(=O)c1cn(C)nc1C1CCCNC1. The monoisotopic (exact) mass is 279 g/mol. The van der Waals surface area contributed by atoms with Crippen LogP contribution in [-0.4, -0.2) is 60.9 Å². The van der Waals surface area contributed by atoms with Crippen molar-refractivity contribution in [1.82, 2.24) is 25.3 Å². The number of likely N-dealkylation sites (N-methyl/N-ethyl adjacent to an activating group) is 1. The molecule has 112 valence electrons. The molecule has 6 nitrogen and oxygen atoms in total. The fourth-order valence-electron chi connectivity index (χ4n) is 2.56. The van der Waals surface area contributed by atoms with Gasteiger partial charge in [0.05, 0.1) is 11.3 Å². The molecule has 0 bridgehead atoms. The minimum atomic E-state index is -0.0134. The summed E-state index contributed by atoms with van der Waals surface area (Å²) in [7, 11) is 5.86. The van der Waals surface area contributed by atoms with Crippen molar-refractivity contribution in [3.05, 3.63) is 17.5 Å². The average molecular weight is 279 g/mol. The van der Waals surface area contributed by atoms with Crippen LogP contribution >= 0.6 is 0 Å². The first-order valence-corrected chi connectivity index (χ1v) is 7.25. The number of amides is 1. The van der Waals surface area contributed by atoms with E-state index in [-0.39, 0.29) is 5.91 Å². The standard InChI is InChI=1S/C14H25N5O/c1-18(2)8-7-16-14(20)12-10-19(3)17-13(12)11-5-4-6-15-9-11/h10-11,15H,4-9H2,1-3H3,(H,16,20). The fourth-order valence-corrected chi connectivity index (χ4v) is 2.56. The van der Waals surface area contributed by atoms with Gasteiger partial charge in [0.1, 0.15) is 0 Å². The lowest BCUT2D eigenvalue weighted by Gasteiger charge is -2.22. The zero-order valence-corrected chi connectivity index (χ0v) is 12.6. The molecule has 1 aromatic heterocycles. The molecular formula is C14H25N5O. The Morgan fingerprint density at radius 1 is 1.60 bits per heavy atom. The van der Waals surface area contributed by atoms with Gasteiger partial charge in [0, 0.05) is 38.8 Å². The quantitative estimate of drug-likeness (QED) is 0.807. The van der Waals surface area contributed by atoms with E-state index in [1.54, 1.807) is 4.68 Å². The lowest BCUT2D eigenvalue weighted by Crippen LogP contribution is -2.33. The molecule has 2 N–H and O–H groups in total. The summed E-state index contributed by atoms with van der Waals surface area (Å²) in [6, 6.07) is 0. The molecule has 1 atom stereocenters. The summed E-state index contributed by atoms with van der Waals surface area (Å²) in [4.78, 5) is 14.4. The van der Waals surface area contributed by atoms with Crippen molar-refractivity contribution in [1.29, 1.82) is 0 Å². The third-order valence-corrected chi connectivity index (χ3v) is 3.63. The highest BCUT2D eigenvalue weighted by Gasteiger charge is 2.24. The zero-order valence-electron chi connectivity index (χ0n) is 12.6. The second kappa shape index (κ2) is 6.85. The summed E-state index contributed by atoms with van der Waals surface area (Å²) < 4.78 is 1.74. The molecule has 0 aromatic carbocycles. The predicted molar refractivity (Wildman–Crippen MR) is 78.9 cm³/mol. The van der Waals surface area contributed by atoms with E-state index in [1.165, 1.54) is 0 Å². The summed E-state index contributed by atoms with van der Waals surface area (Å²) in [6.45, 7) is 3.47. The van der Waals surface area contributed by atoms with Gasteiger partial charge in [-0.3, -0.25) is 9.48 Å². The van der Waals surface area contributed by atoms with Crippen LogP contribution in [-0.2, 0) is 7.05 Å². The maximum Gasteiger partial charge on any atom is 0.254 e. The highest BCUT2D eigenvalue weighted by atomic mass is 16.1. The normalized spacial score (nSPS) is 19.3. The Morgan fingerprint density at radius 3 is 3.05 bits per heavy atom. The molecule has 6 heteroatoms. The second-order valence-corrected chi connectivity index (χ2v) is 5.70. The van der Waals surface area contributed by atoms with Crippen LogP contribution < -0.4 is 10.6 Å². The van der Waals surface area contributed by atoms with Crippen molar-refractivity contribution >= 4 is 5.91 Å². The molecule has 0 saturated carbocycles. The number of aromatic nitrogens is 2. The molecule has 1 aliphatic rings. The lowest BCUT2D eigenvalue weighted by molar-refractivity contribution is 0.0949. The largest absolute Gasteiger partial charge is 0.351 e. The Kier molecular flexibility index (Phi) is 5.14. The van der Waals surface area contributed by atoms with Crippen LogP contribution in [0.3, 0.4) is 0 Å². The van der Waals surface area contributed by atoms with Gasteiger partial charge in [0.15, 0.2) is 0 Å². The number of nitrogens with one attached hydrogen (secondary N) is 2. The molecule has 1 aromatic rings. The Hall–Kier alpha value is -1.40. The molecule has 1 amide bonds. The van der Waals surface area contributed by atoms with Crippen molar-refractivity contribution in [2.24, 2.45) is 7.05 Å². The van der Waals surface area contributed by atoms with Crippen LogP contribution in [0.5, 0.6) is 0 Å². The summed E-state index contributed by atoms with van der Waals surface area (Å²) in [5, 5.41) is 10.9. The molecular weight excluding hydrogens is 254 g/mol. The molecule has 1 aliphatic heterocycles. The summed E-state index contributed by atoms with van der Waals surface area (Å²) >= 11 is 0. The average Bonchev–Trinajstić information content (AvgIpc) is 2.81. The van der Waals surface area contributed by atoms with Gasteiger partial charge in [0.25, 0.3) is 5.91 Å². The molecule has 0 aliphatic carbocycles. The Morgan fingerprint density at radius 2 is 2.40 bits per heavy atom. The number of rotatable bonds is 5. The zero-order chi connectivity index (χ0) is 14.5. The topological polar surface area (TPSA) is 62.2 Å². The third kappa shape index (κ3) is 3.80.